The molecule has 0 unspecified atom stereocenters. The molecule has 0 aromatic heterocycles. The van der Waals surface area contributed by atoms with Crippen molar-refractivity contribution in [2.45, 2.75) is 12.6 Å². The van der Waals surface area contributed by atoms with Gasteiger partial charge in [0, 0.05) is 16.9 Å². The van der Waals surface area contributed by atoms with E-state index >= 15 is 0 Å². The zero-order valence-corrected chi connectivity index (χ0v) is 10.6. The van der Waals surface area contributed by atoms with Crippen LogP contribution in [0.3, 0.4) is 0 Å². The minimum absolute atomic E-state index is 0.111. The highest BCUT2D eigenvalue weighted by Gasteiger charge is 2.33. The largest absolute Gasteiger partial charge is 0.418 e. The second-order valence-corrected chi connectivity index (χ2v) is 4.32. The van der Waals surface area contributed by atoms with E-state index in [-0.39, 0.29) is 17.1 Å². The van der Waals surface area contributed by atoms with E-state index in [1.807, 2.05) is 0 Å². The summed E-state index contributed by atoms with van der Waals surface area (Å²) in [4.78, 5) is 0. The summed E-state index contributed by atoms with van der Waals surface area (Å²) < 4.78 is 64.5. The summed E-state index contributed by atoms with van der Waals surface area (Å²) in [5.41, 5.74) is 3.74. The number of alkyl halides is 5. The van der Waals surface area contributed by atoms with E-state index in [4.69, 9.17) is 5.73 Å². The number of rotatable bonds is 3. The maximum Gasteiger partial charge on any atom is 0.418 e. The van der Waals surface area contributed by atoms with Crippen molar-refractivity contribution in [3.63, 3.8) is 0 Å². The van der Waals surface area contributed by atoms with Gasteiger partial charge < -0.3 is 11.1 Å². The van der Waals surface area contributed by atoms with E-state index in [0.29, 0.717) is 0 Å². The van der Waals surface area contributed by atoms with Crippen molar-refractivity contribution >= 4 is 17.1 Å². The number of nitrogens with two attached hydrogens (primary N) is 1. The topological polar surface area (TPSA) is 38.0 Å². The predicted octanol–water partition coefficient (Wildman–Crippen LogP) is 4.97. The first-order chi connectivity index (χ1) is 9.79. The molecule has 0 saturated heterocycles. The van der Waals surface area contributed by atoms with Crippen LogP contribution in [0.25, 0.3) is 0 Å². The lowest BCUT2D eigenvalue weighted by atomic mass is 10.1. The lowest BCUT2D eigenvalue weighted by molar-refractivity contribution is -0.136. The SMILES string of the molecule is Nc1ccc(Nc2ccccc2C(F)(F)F)c(C(F)F)c1. The molecule has 0 aliphatic heterocycles. The molecule has 112 valence electrons. The van der Waals surface area contributed by atoms with Gasteiger partial charge in [-0.3, -0.25) is 0 Å². The fourth-order valence-corrected chi connectivity index (χ4v) is 1.86. The summed E-state index contributed by atoms with van der Waals surface area (Å²) in [5.74, 6) is 0. The molecule has 0 atom stereocenters. The van der Waals surface area contributed by atoms with E-state index in [1.54, 1.807) is 0 Å². The minimum atomic E-state index is -4.58. The summed E-state index contributed by atoms with van der Waals surface area (Å²) in [6.07, 6.45) is -7.43. The maximum absolute atomic E-state index is 12.9. The average molecular weight is 302 g/mol. The van der Waals surface area contributed by atoms with Crippen molar-refractivity contribution in [3.05, 3.63) is 53.6 Å². The van der Waals surface area contributed by atoms with E-state index in [1.165, 1.54) is 30.3 Å². The molecule has 2 aromatic carbocycles. The Balaban J connectivity index is 2.44. The molecule has 2 rings (SSSR count). The summed E-state index contributed by atoms with van der Waals surface area (Å²) in [7, 11) is 0. The van der Waals surface area contributed by atoms with E-state index in [9.17, 15) is 22.0 Å². The smallest absolute Gasteiger partial charge is 0.399 e. The molecular formula is C14H11F5N2. The third-order valence-electron chi connectivity index (χ3n) is 2.81. The van der Waals surface area contributed by atoms with Gasteiger partial charge in [-0.05, 0) is 30.3 Å². The van der Waals surface area contributed by atoms with Crippen LogP contribution in [0.4, 0.5) is 39.0 Å². The number of para-hydroxylation sites is 1. The molecule has 7 heteroatoms. The molecule has 0 radical (unpaired) electrons. The zero-order chi connectivity index (χ0) is 15.6. The molecule has 0 aliphatic carbocycles. The van der Waals surface area contributed by atoms with Crippen molar-refractivity contribution in [2.75, 3.05) is 11.1 Å². The molecule has 0 spiro atoms. The van der Waals surface area contributed by atoms with Crippen LogP contribution >= 0.6 is 0 Å². The molecule has 2 aromatic rings. The van der Waals surface area contributed by atoms with Gasteiger partial charge in [-0.25, -0.2) is 8.78 Å². The lowest BCUT2D eigenvalue weighted by Crippen LogP contribution is -2.09. The monoisotopic (exact) mass is 302 g/mol. The van der Waals surface area contributed by atoms with Gasteiger partial charge in [0.15, 0.2) is 0 Å². The summed E-state index contributed by atoms with van der Waals surface area (Å²) >= 11 is 0. The standard InChI is InChI=1S/C14H11F5N2/c15-13(16)9-7-8(20)5-6-11(9)21-12-4-2-1-3-10(12)14(17,18)19/h1-7,13,21H,20H2. The van der Waals surface area contributed by atoms with Gasteiger partial charge in [-0.1, -0.05) is 12.1 Å². The number of benzene rings is 2. The molecule has 0 saturated carbocycles. The molecule has 0 bridgehead atoms. The molecule has 3 N–H and O–H groups in total. The molecule has 0 amide bonds. The highest BCUT2D eigenvalue weighted by molar-refractivity contribution is 5.69. The first-order valence-electron chi connectivity index (χ1n) is 5.90. The Morgan fingerprint density at radius 1 is 0.952 bits per heavy atom. The molecule has 0 heterocycles. The summed E-state index contributed by atoms with van der Waals surface area (Å²) in [6, 6.07) is 8.26. The van der Waals surface area contributed by atoms with Gasteiger partial charge in [-0.15, -0.1) is 0 Å². The number of hydrogen-bond donors (Lipinski definition) is 2. The van der Waals surface area contributed by atoms with Crippen molar-refractivity contribution in [1.82, 2.24) is 0 Å². The van der Waals surface area contributed by atoms with Crippen LogP contribution in [0.2, 0.25) is 0 Å². The normalized spacial score (nSPS) is 11.7. The highest BCUT2D eigenvalue weighted by atomic mass is 19.4. The third kappa shape index (κ3) is 3.42. The van der Waals surface area contributed by atoms with E-state index < -0.39 is 23.7 Å². The van der Waals surface area contributed by atoms with Crippen LogP contribution in [0, 0.1) is 0 Å². The second kappa shape index (κ2) is 5.59. The minimum Gasteiger partial charge on any atom is -0.399 e. The average Bonchev–Trinajstić information content (AvgIpc) is 2.40. The van der Waals surface area contributed by atoms with Crippen molar-refractivity contribution < 1.29 is 22.0 Å². The number of anilines is 3. The van der Waals surface area contributed by atoms with Crippen LogP contribution in [0.1, 0.15) is 17.6 Å². The second-order valence-electron chi connectivity index (χ2n) is 4.32. The van der Waals surface area contributed by atoms with Gasteiger partial charge in [0.25, 0.3) is 6.43 Å². The van der Waals surface area contributed by atoms with Crippen LogP contribution in [-0.2, 0) is 6.18 Å². The van der Waals surface area contributed by atoms with Crippen LogP contribution in [-0.4, -0.2) is 0 Å². The zero-order valence-electron chi connectivity index (χ0n) is 10.6. The van der Waals surface area contributed by atoms with E-state index in [0.717, 1.165) is 12.1 Å². The Hall–Kier alpha value is -2.31. The first-order valence-corrected chi connectivity index (χ1v) is 5.90. The highest BCUT2D eigenvalue weighted by Crippen LogP contribution is 2.37. The van der Waals surface area contributed by atoms with Gasteiger partial charge in [0.05, 0.1) is 11.3 Å². The lowest BCUT2D eigenvalue weighted by Gasteiger charge is -2.16. The van der Waals surface area contributed by atoms with Gasteiger partial charge in [0.1, 0.15) is 0 Å². The fourth-order valence-electron chi connectivity index (χ4n) is 1.86. The van der Waals surface area contributed by atoms with Gasteiger partial charge >= 0.3 is 6.18 Å². The van der Waals surface area contributed by atoms with E-state index in [2.05, 4.69) is 5.32 Å². The van der Waals surface area contributed by atoms with Crippen LogP contribution < -0.4 is 11.1 Å². The Labute approximate surface area is 117 Å². The summed E-state index contributed by atoms with van der Waals surface area (Å²) in [6.45, 7) is 0. The Kier molecular flexibility index (Phi) is 4.02. The van der Waals surface area contributed by atoms with Crippen LogP contribution in [0.15, 0.2) is 42.5 Å². The first kappa shape index (κ1) is 15.1. The number of nitrogen functional groups attached to an aromatic ring is 1. The third-order valence-corrected chi connectivity index (χ3v) is 2.81. The maximum atomic E-state index is 12.9. The Morgan fingerprint density at radius 3 is 2.24 bits per heavy atom. The number of nitrogens with one attached hydrogen (secondary N) is 1. The molecule has 21 heavy (non-hydrogen) atoms. The van der Waals surface area contributed by atoms with Crippen molar-refractivity contribution in [3.8, 4) is 0 Å². The molecular weight excluding hydrogens is 291 g/mol. The van der Waals surface area contributed by atoms with Crippen LogP contribution in [0.5, 0.6) is 0 Å². The Bertz CT molecular complexity index is 638. The summed E-state index contributed by atoms with van der Waals surface area (Å²) in [5, 5.41) is 2.40. The quantitative estimate of drug-likeness (QED) is 0.620. The molecule has 0 aliphatic rings. The Morgan fingerprint density at radius 2 is 1.62 bits per heavy atom. The molecule has 2 nitrogen and oxygen atoms in total. The number of hydrogen-bond acceptors (Lipinski definition) is 2. The van der Waals surface area contributed by atoms with Gasteiger partial charge in [-0.2, -0.15) is 13.2 Å². The molecule has 0 fully saturated rings. The fraction of sp³-hybridized carbons (Fsp3) is 0.143. The predicted molar refractivity (Wildman–Crippen MR) is 70.5 cm³/mol. The van der Waals surface area contributed by atoms with Crippen molar-refractivity contribution in [1.29, 1.82) is 0 Å². The van der Waals surface area contributed by atoms with Gasteiger partial charge in [0.2, 0.25) is 0 Å². The number of halogens is 5. The van der Waals surface area contributed by atoms with Crippen molar-refractivity contribution in [2.24, 2.45) is 0 Å².